The number of rotatable bonds is 5. The number of anilines is 2. The summed E-state index contributed by atoms with van der Waals surface area (Å²) in [6.45, 7) is 6.74. The van der Waals surface area contributed by atoms with Crippen LogP contribution < -0.4 is 14.8 Å². The van der Waals surface area contributed by atoms with Gasteiger partial charge in [-0.15, -0.1) is 0 Å². The van der Waals surface area contributed by atoms with Gasteiger partial charge in [0, 0.05) is 16.9 Å². The fourth-order valence-corrected chi connectivity index (χ4v) is 2.85. The lowest BCUT2D eigenvalue weighted by atomic mass is 10.1. The number of nitrogens with one attached hydrogen (secondary N) is 2. The first-order valence-corrected chi connectivity index (χ1v) is 9.60. The largest absolute Gasteiger partial charge is 0.497 e. The molecule has 0 saturated heterocycles. The molecule has 0 heterocycles. The Kier molecular flexibility index (Phi) is 5.61. The molecule has 26 heavy (non-hydrogen) atoms. The molecule has 2 aromatic carbocycles. The molecule has 0 fully saturated rings. The Labute approximate surface area is 154 Å². The monoisotopic (exact) mass is 376 g/mol. The fourth-order valence-electron chi connectivity index (χ4n) is 2.10. The molecule has 0 aromatic heterocycles. The van der Waals surface area contributed by atoms with E-state index in [1.165, 1.54) is 0 Å². The molecule has 0 saturated carbocycles. The molecule has 0 spiro atoms. The second kappa shape index (κ2) is 7.37. The van der Waals surface area contributed by atoms with E-state index in [9.17, 15) is 13.2 Å². The van der Waals surface area contributed by atoms with Crippen LogP contribution in [0.25, 0.3) is 0 Å². The standard InChI is InChI=1S/C19H24N2O4S/c1-13-12-16(25-5)10-11-17(13)20-18(22)14-6-8-15(9-7-14)21-26(23,24)19(2,3)4/h6-12,21H,1-5H3,(H,20,22). The maximum Gasteiger partial charge on any atom is 0.255 e. The first-order valence-electron chi connectivity index (χ1n) is 8.12. The third-order valence-electron chi connectivity index (χ3n) is 3.89. The highest BCUT2D eigenvalue weighted by molar-refractivity contribution is 7.94. The number of methoxy groups -OCH3 is 1. The number of ether oxygens (including phenoxy) is 1. The molecule has 7 heteroatoms. The molecule has 0 aliphatic heterocycles. The summed E-state index contributed by atoms with van der Waals surface area (Å²) in [4.78, 5) is 12.4. The van der Waals surface area contributed by atoms with Crippen molar-refractivity contribution in [2.45, 2.75) is 32.4 Å². The van der Waals surface area contributed by atoms with Gasteiger partial charge >= 0.3 is 0 Å². The van der Waals surface area contributed by atoms with Crippen molar-refractivity contribution in [2.24, 2.45) is 0 Å². The van der Waals surface area contributed by atoms with Crippen LogP contribution in [0.1, 0.15) is 36.7 Å². The highest BCUT2D eigenvalue weighted by atomic mass is 32.2. The van der Waals surface area contributed by atoms with Gasteiger partial charge < -0.3 is 10.1 Å². The van der Waals surface area contributed by atoms with Crippen LogP contribution in [0.4, 0.5) is 11.4 Å². The Morgan fingerprint density at radius 2 is 1.65 bits per heavy atom. The van der Waals surface area contributed by atoms with E-state index < -0.39 is 14.8 Å². The Morgan fingerprint density at radius 1 is 1.04 bits per heavy atom. The number of aryl methyl sites for hydroxylation is 1. The van der Waals surface area contributed by atoms with E-state index in [-0.39, 0.29) is 5.91 Å². The lowest BCUT2D eigenvalue weighted by molar-refractivity contribution is 0.102. The molecule has 0 unspecified atom stereocenters. The van der Waals surface area contributed by atoms with Crippen molar-refractivity contribution in [1.29, 1.82) is 0 Å². The summed E-state index contributed by atoms with van der Waals surface area (Å²) in [5, 5.41) is 2.84. The highest BCUT2D eigenvalue weighted by Crippen LogP contribution is 2.23. The number of amides is 1. The number of carbonyl (C=O) groups is 1. The maximum atomic E-state index is 12.4. The minimum Gasteiger partial charge on any atom is -0.497 e. The molecule has 2 rings (SSSR count). The Morgan fingerprint density at radius 3 is 2.15 bits per heavy atom. The van der Waals surface area contributed by atoms with Gasteiger partial charge in [0.2, 0.25) is 10.0 Å². The van der Waals surface area contributed by atoms with Crippen molar-refractivity contribution in [3.8, 4) is 5.75 Å². The number of hydrogen-bond acceptors (Lipinski definition) is 4. The van der Waals surface area contributed by atoms with Crippen LogP contribution in [0.5, 0.6) is 5.75 Å². The molecular weight excluding hydrogens is 352 g/mol. The van der Waals surface area contributed by atoms with Crippen molar-refractivity contribution in [3.63, 3.8) is 0 Å². The molecule has 2 N–H and O–H groups in total. The van der Waals surface area contributed by atoms with Gasteiger partial charge in [-0.3, -0.25) is 9.52 Å². The van der Waals surface area contributed by atoms with Crippen LogP contribution >= 0.6 is 0 Å². The molecule has 1 amide bonds. The Balaban J connectivity index is 2.12. The summed E-state index contributed by atoms with van der Waals surface area (Å²) in [5.41, 5.74) is 2.41. The second-order valence-corrected chi connectivity index (χ2v) is 9.37. The summed E-state index contributed by atoms with van der Waals surface area (Å²) in [6, 6.07) is 11.7. The third kappa shape index (κ3) is 4.54. The smallest absolute Gasteiger partial charge is 0.255 e. The van der Waals surface area contributed by atoms with E-state index in [4.69, 9.17) is 4.74 Å². The van der Waals surface area contributed by atoms with E-state index >= 15 is 0 Å². The Hall–Kier alpha value is -2.54. The lowest BCUT2D eigenvalue weighted by Gasteiger charge is -2.20. The Bertz CT molecular complexity index is 898. The molecule has 0 bridgehead atoms. The van der Waals surface area contributed by atoms with Crippen LogP contribution in [0, 0.1) is 6.92 Å². The zero-order chi connectivity index (χ0) is 19.5. The maximum absolute atomic E-state index is 12.4. The van der Waals surface area contributed by atoms with Crippen LogP contribution in [-0.2, 0) is 10.0 Å². The number of carbonyl (C=O) groups excluding carboxylic acids is 1. The van der Waals surface area contributed by atoms with Gasteiger partial charge in [0.05, 0.1) is 11.9 Å². The first-order chi connectivity index (χ1) is 12.0. The molecule has 2 aromatic rings. The van der Waals surface area contributed by atoms with Crippen molar-refractivity contribution in [3.05, 3.63) is 53.6 Å². The normalized spacial score (nSPS) is 11.7. The fraction of sp³-hybridized carbons (Fsp3) is 0.316. The van der Waals surface area contributed by atoms with Crippen LogP contribution in [-0.4, -0.2) is 26.2 Å². The van der Waals surface area contributed by atoms with Gasteiger partial charge in [-0.1, -0.05) is 0 Å². The zero-order valence-electron chi connectivity index (χ0n) is 15.6. The molecular formula is C19H24N2O4S. The predicted molar refractivity (Wildman–Crippen MR) is 104 cm³/mol. The molecule has 0 aliphatic rings. The summed E-state index contributed by atoms with van der Waals surface area (Å²) < 4.78 is 31.1. The van der Waals surface area contributed by atoms with Gasteiger partial charge in [0.1, 0.15) is 5.75 Å². The van der Waals surface area contributed by atoms with Crippen molar-refractivity contribution < 1.29 is 17.9 Å². The van der Waals surface area contributed by atoms with Gasteiger partial charge in [0.15, 0.2) is 0 Å². The minimum atomic E-state index is -3.51. The summed E-state index contributed by atoms with van der Waals surface area (Å²) in [5.74, 6) is 0.444. The van der Waals surface area contributed by atoms with E-state index in [0.29, 0.717) is 16.9 Å². The average Bonchev–Trinajstić information content (AvgIpc) is 2.55. The quantitative estimate of drug-likeness (QED) is 0.831. The van der Waals surface area contributed by atoms with E-state index in [0.717, 1.165) is 11.3 Å². The van der Waals surface area contributed by atoms with Crippen molar-refractivity contribution in [1.82, 2.24) is 0 Å². The average molecular weight is 376 g/mol. The van der Waals surface area contributed by atoms with Gasteiger partial charge in [-0.2, -0.15) is 0 Å². The van der Waals surface area contributed by atoms with Gasteiger partial charge in [0.25, 0.3) is 5.91 Å². The first kappa shape index (κ1) is 19.8. The van der Waals surface area contributed by atoms with E-state index in [2.05, 4.69) is 10.0 Å². The second-order valence-electron chi connectivity index (χ2n) is 6.93. The summed E-state index contributed by atoms with van der Waals surface area (Å²) >= 11 is 0. The van der Waals surface area contributed by atoms with E-state index in [1.807, 2.05) is 13.0 Å². The third-order valence-corrected chi connectivity index (χ3v) is 6.00. The van der Waals surface area contributed by atoms with Crippen LogP contribution in [0.2, 0.25) is 0 Å². The highest BCUT2D eigenvalue weighted by Gasteiger charge is 2.28. The lowest BCUT2D eigenvalue weighted by Crippen LogP contribution is -2.33. The van der Waals surface area contributed by atoms with Crippen LogP contribution in [0.3, 0.4) is 0 Å². The predicted octanol–water partition coefficient (Wildman–Crippen LogP) is 3.80. The topological polar surface area (TPSA) is 84.5 Å². The minimum absolute atomic E-state index is 0.275. The molecule has 0 radical (unpaired) electrons. The SMILES string of the molecule is COc1ccc(NC(=O)c2ccc(NS(=O)(=O)C(C)(C)C)cc2)c(C)c1. The molecule has 140 valence electrons. The molecule has 6 nitrogen and oxygen atoms in total. The van der Waals surface area contributed by atoms with Gasteiger partial charge in [-0.05, 0) is 75.7 Å². The zero-order valence-corrected chi connectivity index (χ0v) is 16.4. The number of benzene rings is 2. The molecule has 0 aliphatic carbocycles. The van der Waals surface area contributed by atoms with Crippen molar-refractivity contribution >= 4 is 27.3 Å². The van der Waals surface area contributed by atoms with Crippen molar-refractivity contribution in [2.75, 3.05) is 17.1 Å². The number of sulfonamides is 1. The summed E-state index contributed by atoms with van der Waals surface area (Å²) in [6.07, 6.45) is 0. The molecule has 0 atom stereocenters. The number of hydrogen-bond donors (Lipinski definition) is 2. The van der Waals surface area contributed by atoms with Crippen LogP contribution in [0.15, 0.2) is 42.5 Å². The summed E-state index contributed by atoms with van der Waals surface area (Å²) in [7, 11) is -1.92. The van der Waals surface area contributed by atoms with Gasteiger partial charge in [-0.25, -0.2) is 8.42 Å². The van der Waals surface area contributed by atoms with E-state index in [1.54, 1.807) is 64.3 Å².